The smallest absolute Gasteiger partial charge is 0.256 e. The highest BCUT2D eigenvalue weighted by atomic mass is 19.1. The van der Waals surface area contributed by atoms with E-state index in [2.05, 4.69) is 4.90 Å². The number of carbonyl (C=O) groups is 1. The lowest BCUT2D eigenvalue weighted by Gasteiger charge is -2.34. The first-order valence-electron chi connectivity index (χ1n) is 6.68. The van der Waals surface area contributed by atoms with E-state index in [-0.39, 0.29) is 11.5 Å². The van der Waals surface area contributed by atoms with E-state index in [1.165, 1.54) is 6.07 Å². The van der Waals surface area contributed by atoms with Crippen LogP contribution < -0.4 is 5.73 Å². The summed E-state index contributed by atoms with van der Waals surface area (Å²) in [6, 6.07) is 6.15. The molecular formula is C14H20FN3O. The highest BCUT2D eigenvalue weighted by Gasteiger charge is 2.23. The van der Waals surface area contributed by atoms with Crippen molar-refractivity contribution in [2.24, 2.45) is 5.73 Å². The zero-order valence-electron chi connectivity index (χ0n) is 11.0. The van der Waals surface area contributed by atoms with Crippen molar-refractivity contribution in [1.29, 1.82) is 0 Å². The average Bonchev–Trinajstić information content (AvgIpc) is 2.45. The van der Waals surface area contributed by atoms with Gasteiger partial charge >= 0.3 is 0 Å². The fraction of sp³-hybridized carbons (Fsp3) is 0.500. The van der Waals surface area contributed by atoms with Gasteiger partial charge in [0.15, 0.2) is 0 Å². The van der Waals surface area contributed by atoms with Crippen LogP contribution in [0.5, 0.6) is 0 Å². The molecule has 2 rings (SSSR count). The lowest BCUT2D eigenvalue weighted by molar-refractivity contribution is 0.0632. The summed E-state index contributed by atoms with van der Waals surface area (Å²) in [4.78, 5) is 16.2. The predicted octanol–water partition coefficient (Wildman–Crippen LogP) is 0.932. The molecule has 1 saturated heterocycles. The summed E-state index contributed by atoms with van der Waals surface area (Å²) in [5.41, 5.74) is 5.65. The Balaban J connectivity index is 1.91. The van der Waals surface area contributed by atoms with Crippen molar-refractivity contribution in [2.45, 2.75) is 6.42 Å². The van der Waals surface area contributed by atoms with E-state index in [9.17, 15) is 9.18 Å². The standard InChI is InChI=1S/C14H20FN3O/c15-13-5-2-1-4-12(13)14(19)18-10-8-17(9-11-18)7-3-6-16/h1-2,4-5H,3,6-11,16H2. The zero-order chi connectivity index (χ0) is 13.7. The van der Waals surface area contributed by atoms with E-state index in [1.54, 1.807) is 23.1 Å². The molecule has 4 nitrogen and oxygen atoms in total. The molecule has 0 unspecified atom stereocenters. The molecule has 2 N–H and O–H groups in total. The molecular weight excluding hydrogens is 245 g/mol. The molecule has 1 aromatic rings. The zero-order valence-corrected chi connectivity index (χ0v) is 11.0. The molecule has 0 aliphatic carbocycles. The second kappa shape index (κ2) is 6.63. The Morgan fingerprint density at radius 1 is 1.21 bits per heavy atom. The quantitative estimate of drug-likeness (QED) is 0.881. The lowest BCUT2D eigenvalue weighted by atomic mass is 10.1. The van der Waals surface area contributed by atoms with Gasteiger partial charge in [-0.15, -0.1) is 0 Å². The van der Waals surface area contributed by atoms with Crippen molar-refractivity contribution in [1.82, 2.24) is 9.80 Å². The summed E-state index contributed by atoms with van der Waals surface area (Å²) in [6.07, 6.45) is 0.973. The van der Waals surface area contributed by atoms with Crippen molar-refractivity contribution >= 4 is 5.91 Å². The van der Waals surface area contributed by atoms with Gasteiger partial charge in [-0.1, -0.05) is 12.1 Å². The Labute approximate surface area is 113 Å². The van der Waals surface area contributed by atoms with Crippen molar-refractivity contribution < 1.29 is 9.18 Å². The Morgan fingerprint density at radius 2 is 1.89 bits per heavy atom. The third-order valence-corrected chi connectivity index (χ3v) is 3.44. The van der Waals surface area contributed by atoms with Crippen LogP contribution in [0.2, 0.25) is 0 Å². The molecule has 5 heteroatoms. The summed E-state index contributed by atoms with van der Waals surface area (Å²) in [7, 11) is 0. The maximum Gasteiger partial charge on any atom is 0.256 e. The number of nitrogens with two attached hydrogens (primary N) is 1. The lowest BCUT2D eigenvalue weighted by Crippen LogP contribution is -2.49. The number of hydrogen-bond acceptors (Lipinski definition) is 3. The van der Waals surface area contributed by atoms with E-state index in [0.29, 0.717) is 19.6 Å². The number of carbonyl (C=O) groups excluding carboxylic acids is 1. The van der Waals surface area contributed by atoms with Crippen LogP contribution in [0.4, 0.5) is 4.39 Å². The minimum absolute atomic E-state index is 0.165. The van der Waals surface area contributed by atoms with Crippen LogP contribution in [0.3, 0.4) is 0 Å². The monoisotopic (exact) mass is 265 g/mol. The van der Waals surface area contributed by atoms with E-state index in [1.807, 2.05) is 0 Å². The minimum Gasteiger partial charge on any atom is -0.336 e. The van der Waals surface area contributed by atoms with Crippen LogP contribution in [0.1, 0.15) is 16.8 Å². The first-order chi connectivity index (χ1) is 9.22. The number of rotatable bonds is 4. The van der Waals surface area contributed by atoms with Crippen LogP contribution >= 0.6 is 0 Å². The van der Waals surface area contributed by atoms with E-state index < -0.39 is 5.82 Å². The predicted molar refractivity (Wildman–Crippen MR) is 72.4 cm³/mol. The highest BCUT2D eigenvalue weighted by Crippen LogP contribution is 2.12. The fourth-order valence-electron chi connectivity index (χ4n) is 2.29. The van der Waals surface area contributed by atoms with E-state index in [4.69, 9.17) is 5.73 Å². The third-order valence-electron chi connectivity index (χ3n) is 3.44. The van der Waals surface area contributed by atoms with Gasteiger partial charge in [0.05, 0.1) is 5.56 Å². The van der Waals surface area contributed by atoms with Gasteiger partial charge in [-0.2, -0.15) is 0 Å². The third kappa shape index (κ3) is 3.52. The molecule has 0 spiro atoms. The number of amides is 1. The van der Waals surface area contributed by atoms with Crippen LogP contribution in [0, 0.1) is 5.82 Å². The first-order valence-corrected chi connectivity index (χ1v) is 6.68. The summed E-state index contributed by atoms with van der Waals surface area (Å²) < 4.78 is 13.6. The topological polar surface area (TPSA) is 49.6 Å². The molecule has 1 amide bonds. The van der Waals surface area contributed by atoms with Gasteiger partial charge in [0.25, 0.3) is 5.91 Å². The molecule has 0 radical (unpaired) electrons. The number of nitrogens with zero attached hydrogens (tertiary/aromatic N) is 2. The number of piperazine rings is 1. The summed E-state index contributed by atoms with van der Waals surface area (Å²) in [5.74, 6) is -0.658. The maximum absolute atomic E-state index is 13.6. The van der Waals surface area contributed by atoms with Gasteiger partial charge in [-0.05, 0) is 31.6 Å². The summed E-state index contributed by atoms with van der Waals surface area (Å²) in [6.45, 7) is 4.63. The van der Waals surface area contributed by atoms with Crippen LogP contribution in [0.15, 0.2) is 24.3 Å². The molecule has 104 valence electrons. The minimum atomic E-state index is -0.446. The van der Waals surface area contributed by atoms with Gasteiger partial charge in [0.2, 0.25) is 0 Å². The van der Waals surface area contributed by atoms with E-state index >= 15 is 0 Å². The normalized spacial score (nSPS) is 16.6. The average molecular weight is 265 g/mol. The molecule has 0 bridgehead atoms. The summed E-state index contributed by atoms with van der Waals surface area (Å²) in [5, 5.41) is 0. The fourth-order valence-corrected chi connectivity index (χ4v) is 2.29. The second-order valence-corrected chi connectivity index (χ2v) is 4.76. The van der Waals surface area contributed by atoms with Crippen LogP contribution in [0.25, 0.3) is 0 Å². The van der Waals surface area contributed by atoms with Gasteiger partial charge < -0.3 is 10.6 Å². The van der Waals surface area contributed by atoms with Gasteiger partial charge in [0, 0.05) is 26.2 Å². The molecule has 0 aromatic heterocycles. The molecule has 0 atom stereocenters. The van der Waals surface area contributed by atoms with Crippen molar-refractivity contribution in [3.63, 3.8) is 0 Å². The van der Waals surface area contributed by atoms with Gasteiger partial charge in [-0.25, -0.2) is 4.39 Å². The van der Waals surface area contributed by atoms with Gasteiger partial charge in [0.1, 0.15) is 5.82 Å². The maximum atomic E-state index is 13.6. The van der Waals surface area contributed by atoms with Crippen LogP contribution in [-0.4, -0.2) is 55.0 Å². The summed E-state index contributed by atoms with van der Waals surface area (Å²) >= 11 is 0. The number of halogens is 1. The SMILES string of the molecule is NCCCN1CCN(C(=O)c2ccccc2F)CC1. The molecule has 1 aliphatic rings. The Hall–Kier alpha value is -1.46. The second-order valence-electron chi connectivity index (χ2n) is 4.76. The van der Waals surface area contributed by atoms with Crippen molar-refractivity contribution in [3.05, 3.63) is 35.6 Å². The van der Waals surface area contributed by atoms with Gasteiger partial charge in [-0.3, -0.25) is 9.69 Å². The number of hydrogen-bond donors (Lipinski definition) is 1. The molecule has 1 aromatic carbocycles. The van der Waals surface area contributed by atoms with Crippen molar-refractivity contribution in [2.75, 3.05) is 39.3 Å². The van der Waals surface area contributed by atoms with Crippen molar-refractivity contribution in [3.8, 4) is 0 Å². The highest BCUT2D eigenvalue weighted by molar-refractivity contribution is 5.94. The largest absolute Gasteiger partial charge is 0.336 e. The Kier molecular flexibility index (Phi) is 4.87. The van der Waals surface area contributed by atoms with E-state index in [0.717, 1.165) is 26.1 Å². The number of benzene rings is 1. The molecule has 1 heterocycles. The molecule has 19 heavy (non-hydrogen) atoms. The first kappa shape index (κ1) is 14.0. The van der Waals surface area contributed by atoms with Crippen LogP contribution in [-0.2, 0) is 0 Å². The molecule has 1 fully saturated rings. The Bertz CT molecular complexity index is 430. The Morgan fingerprint density at radius 3 is 2.53 bits per heavy atom. The molecule has 0 saturated carbocycles. The molecule has 1 aliphatic heterocycles.